The number of nitrogens with zero attached hydrogens (tertiary/aromatic N) is 2. The van der Waals surface area contributed by atoms with Gasteiger partial charge in [-0.1, -0.05) is 48.2 Å². The van der Waals surface area contributed by atoms with Gasteiger partial charge in [0.25, 0.3) is 5.91 Å². The minimum Gasteiger partial charge on any atom is -0.490 e. The van der Waals surface area contributed by atoms with Crippen molar-refractivity contribution in [2.45, 2.75) is 13.5 Å². The lowest BCUT2D eigenvalue weighted by Gasteiger charge is -2.16. The zero-order valence-corrected chi connectivity index (χ0v) is 22.7. The number of benzene rings is 3. The van der Waals surface area contributed by atoms with E-state index in [2.05, 4.69) is 22.0 Å². The van der Waals surface area contributed by atoms with Crippen LogP contribution in [0.3, 0.4) is 0 Å². The molecule has 37 heavy (non-hydrogen) atoms. The summed E-state index contributed by atoms with van der Waals surface area (Å²) in [5.74, 6) is -0.485. The molecule has 3 aromatic rings. The van der Waals surface area contributed by atoms with Crippen molar-refractivity contribution in [2.24, 2.45) is 0 Å². The third-order valence-corrected chi connectivity index (χ3v) is 7.18. The highest BCUT2D eigenvalue weighted by Gasteiger charge is 2.33. The number of aromatic carboxylic acids is 1. The first kappa shape index (κ1) is 26.4. The molecule has 1 fully saturated rings. The summed E-state index contributed by atoms with van der Waals surface area (Å²) in [5, 5.41) is 18.6. The summed E-state index contributed by atoms with van der Waals surface area (Å²) in [6.07, 6.45) is 1.70. The van der Waals surface area contributed by atoms with E-state index in [4.69, 9.17) is 21.7 Å². The lowest BCUT2D eigenvalue weighted by atomic mass is 10.1. The van der Waals surface area contributed by atoms with Crippen LogP contribution in [0, 0.1) is 11.3 Å². The number of thioether (sulfide) groups is 1. The molecule has 7 nitrogen and oxygen atoms in total. The molecule has 0 aromatic heterocycles. The topological polar surface area (TPSA) is 99.9 Å². The molecule has 3 aromatic carbocycles. The SMILES string of the molecule is CCOc1cc(/C=C2/SC(=S)N(c3cccc(C(=O)O)c3)C2=O)cc(Br)c1OCc1ccccc1C#N. The van der Waals surface area contributed by atoms with Crippen molar-refractivity contribution in [3.05, 3.63) is 92.3 Å². The summed E-state index contributed by atoms with van der Waals surface area (Å²) < 4.78 is 12.8. The van der Waals surface area contributed by atoms with Crippen LogP contribution in [0.4, 0.5) is 5.69 Å². The Labute approximate surface area is 231 Å². The largest absolute Gasteiger partial charge is 0.490 e. The number of nitriles is 1. The van der Waals surface area contributed by atoms with E-state index in [0.29, 0.717) is 48.6 Å². The lowest BCUT2D eigenvalue weighted by molar-refractivity contribution is -0.113. The van der Waals surface area contributed by atoms with Crippen LogP contribution in [0.2, 0.25) is 0 Å². The monoisotopic (exact) mass is 594 g/mol. The first-order chi connectivity index (χ1) is 17.8. The number of hydrogen-bond donors (Lipinski definition) is 1. The van der Waals surface area contributed by atoms with Crippen molar-refractivity contribution < 1.29 is 24.2 Å². The molecule has 0 atom stereocenters. The lowest BCUT2D eigenvalue weighted by Crippen LogP contribution is -2.27. The Morgan fingerprint density at radius 2 is 1.97 bits per heavy atom. The van der Waals surface area contributed by atoms with E-state index in [1.54, 1.807) is 42.5 Å². The molecule has 0 saturated carbocycles. The van der Waals surface area contributed by atoms with E-state index >= 15 is 0 Å². The quantitative estimate of drug-likeness (QED) is 0.236. The summed E-state index contributed by atoms with van der Waals surface area (Å²) in [6.45, 7) is 2.42. The van der Waals surface area contributed by atoms with Gasteiger partial charge >= 0.3 is 5.97 Å². The Hall–Kier alpha value is -3.65. The molecular weight excluding hydrogens is 576 g/mol. The second kappa shape index (κ2) is 11.6. The number of amides is 1. The fourth-order valence-electron chi connectivity index (χ4n) is 3.60. The number of halogens is 1. The predicted molar refractivity (Wildman–Crippen MR) is 150 cm³/mol. The highest BCUT2D eigenvalue weighted by Crippen LogP contribution is 2.40. The van der Waals surface area contributed by atoms with Crippen molar-refractivity contribution in [1.29, 1.82) is 5.26 Å². The Balaban J connectivity index is 1.62. The van der Waals surface area contributed by atoms with Gasteiger partial charge < -0.3 is 14.6 Å². The number of carbonyl (C=O) groups is 2. The minimum atomic E-state index is -1.09. The molecule has 0 aliphatic carbocycles. The van der Waals surface area contributed by atoms with Gasteiger partial charge in [0.15, 0.2) is 15.8 Å². The highest BCUT2D eigenvalue weighted by atomic mass is 79.9. The maximum absolute atomic E-state index is 13.2. The predicted octanol–water partition coefficient (Wildman–Crippen LogP) is 6.40. The van der Waals surface area contributed by atoms with E-state index in [9.17, 15) is 20.0 Å². The molecule has 1 aliphatic rings. The van der Waals surface area contributed by atoms with Crippen LogP contribution < -0.4 is 14.4 Å². The zero-order valence-electron chi connectivity index (χ0n) is 19.4. The number of thiocarbonyl (C=S) groups is 1. The Morgan fingerprint density at radius 3 is 2.70 bits per heavy atom. The molecule has 1 N–H and O–H groups in total. The Kier molecular flexibility index (Phi) is 8.28. The molecule has 1 aliphatic heterocycles. The number of rotatable bonds is 8. The number of carbonyl (C=O) groups excluding carboxylic acids is 1. The van der Waals surface area contributed by atoms with Crippen LogP contribution in [0.1, 0.15) is 34.0 Å². The molecule has 10 heteroatoms. The van der Waals surface area contributed by atoms with Gasteiger partial charge in [0.1, 0.15) is 6.61 Å². The average molecular weight is 595 g/mol. The van der Waals surface area contributed by atoms with Crippen molar-refractivity contribution in [3.8, 4) is 17.6 Å². The van der Waals surface area contributed by atoms with Gasteiger partial charge in [-0.3, -0.25) is 9.69 Å². The van der Waals surface area contributed by atoms with Gasteiger partial charge in [-0.25, -0.2) is 4.79 Å². The molecule has 4 rings (SSSR count). The van der Waals surface area contributed by atoms with Gasteiger partial charge in [0.05, 0.1) is 38.9 Å². The Bertz CT molecular complexity index is 1480. The van der Waals surface area contributed by atoms with Crippen LogP contribution in [0.25, 0.3) is 6.08 Å². The van der Waals surface area contributed by atoms with Gasteiger partial charge in [-0.05, 0) is 70.9 Å². The van der Waals surface area contributed by atoms with E-state index in [1.165, 1.54) is 17.0 Å². The molecule has 186 valence electrons. The molecule has 1 heterocycles. The summed E-state index contributed by atoms with van der Waals surface area (Å²) in [4.78, 5) is 26.2. The first-order valence-electron chi connectivity index (χ1n) is 11.0. The van der Waals surface area contributed by atoms with Crippen LogP contribution in [0.5, 0.6) is 11.5 Å². The molecule has 1 amide bonds. The normalized spacial score (nSPS) is 14.1. The van der Waals surface area contributed by atoms with Crippen molar-refractivity contribution in [1.82, 2.24) is 0 Å². The maximum Gasteiger partial charge on any atom is 0.335 e. The fraction of sp³-hybridized carbons (Fsp3) is 0.111. The summed E-state index contributed by atoms with van der Waals surface area (Å²) >= 11 is 10.1. The maximum atomic E-state index is 13.2. The number of carboxylic acids is 1. The third kappa shape index (κ3) is 5.85. The van der Waals surface area contributed by atoms with Crippen LogP contribution >= 0.6 is 39.9 Å². The smallest absolute Gasteiger partial charge is 0.335 e. The first-order valence-corrected chi connectivity index (χ1v) is 13.0. The second-order valence-corrected chi connectivity index (χ2v) is 10.2. The van der Waals surface area contributed by atoms with Gasteiger partial charge in [-0.15, -0.1) is 0 Å². The van der Waals surface area contributed by atoms with E-state index in [0.717, 1.165) is 17.3 Å². The highest BCUT2D eigenvalue weighted by molar-refractivity contribution is 9.10. The minimum absolute atomic E-state index is 0.0637. The Morgan fingerprint density at radius 1 is 1.19 bits per heavy atom. The number of anilines is 1. The number of ether oxygens (including phenoxy) is 2. The molecule has 0 bridgehead atoms. The van der Waals surface area contributed by atoms with Crippen LogP contribution in [0.15, 0.2) is 70.0 Å². The van der Waals surface area contributed by atoms with Crippen LogP contribution in [-0.2, 0) is 11.4 Å². The van der Waals surface area contributed by atoms with Crippen molar-refractivity contribution >= 4 is 67.9 Å². The zero-order chi connectivity index (χ0) is 26.5. The molecule has 0 radical (unpaired) electrons. The standard InChI is InChI=1S/C27H19BrN2O5S2/c1-2-34-22-11-16(10-21(28)24(22)35-15-19-7-4-3-6-18(19)14-29)12-23-25(31)30(27(36)37-23)20-9-5-8-17(13-20)26(32)33/h3-13H,2,15H2,1H3,(H,32,33)/b23-12+. The summed E-state index contributed by atoms with van der Waals surface area (Å²) in [6, 6.07) is 19.0. The number of carboxylic acid groups (broad SMARTS) is 1. The van der Waals surface area contributed by atoms with E-state index in [1.807, 2.05) is 19.1 Å². The molecular formula is C27H19BrN2O5S2. The number of hydrogen-bond acceptors (Lipinski definition) is 7. The van der Waals surface area contributed by atoms with Gasteiger partial charge in [-0.2, -0.15) is 5.26 Å². The summed E-state index contributed by atoms with van der Waals surface area (Å²) in [7, 11) is 0. The van der Waals surface area contributed by atoms with Crippen LogP contribution in [-0.4, -0.2) is 27.9 Å². The second-order valence-electron chi connectivity index (χ2n) is 7.69. The average Bonchev–Trinajstić information content (AvgIpc) is 3.16. The molecule has 1 saturated heterocycles. The summed E-state index contributed by atoms with van der Waals surface area (Å²) in [5.41, 5.74) is 2.42. The van der Waals surface area contributed by atoms with Crippen molar-refractivity contribution in [2.75, 3.05) is 11.5 Å². The fourth-order valence-corrected chi connectivity index (χ4v) is 5.47. The van der Waals surface area contributed by atoms with Gasteiger partial charge in [0.2, 0.25) is 0 Å². The van der Waals surface area contributed by atoms with Gasteiger partial charge in [0, 0.05) is 5.56 Å². The molecule has 0 spiro atoms. The molecule has 0 unspecified atom stereocenters. The van der Waals surface area contributed by atoms with E-state index in [-0.39, 0.29) is 18.1 Å². The third-order valence-electron chi connectivity index (χ3n) is 5.28. The van der Waals surface area contributed by atoms with Crippen molar-refractivity contribution in [3.63, 3.8) is 0 Å². The van der Waals surface area contributed by atoms with E-state index < -0.39 is 5.97 Å².